The summed E-state index contributed by atoms with van der Waals surface area (Å²) < 4.78 is 11.6. The van der Waals surface area contributed by atoms with Crippen molar-refractivity contribution in [2.75, 3.05) is 12.3 Å². The molecule has 0 radical (unpaired) electrons. The van der Waals surface area contributed by atoms with Crippen LogP contribution in [0.15, 0.2) is 0 Å². The minimum Gasteiger partial charge on any atom is -0.344 e. The lowest BCUT2D eigenvalue weighted by atomic mass is 10.2. The van der Waals surface area contributed by atoms with E-state index in [4.69, 9.17) is 11.6 Å². The molecule has 3 nitrogen and oxygen atoms in total. The van der Waals surface area contributed by atoms with Crippen LogP contribution in [0.25, 0.3) is 0 Å². The number of halogens is 2. The molecular weight excluding hydrogens is 270 g/mol. The molecule has 2 unspecified atom stereocenters. The zero-order valence-corrected chi connectivity index (χ0v) is 12.3. The molecule has 0 aromatic rings. The van der Waals surface area contributed by atoms with E-state index in [1.165, 1.54) is 0 Å². The molecule has 0 fully saturated rings. The normalized spacial score (nSPS) is 16.0. The summed E-state index contributed by atoms with van der Waals surface area (Å²) in [5.74, 6) is -0.520. The van der Waals surface area contributed by atoms with Gasteiger partial charge in [0.25, 0.3) is 0 Å². The van der Waals surface area contributed by atoms with Crippen LogP contribution in [0.1, 0.15) is 39.5 Å². The summed E-state index contributed by atoms with van der Waals surface area (Å²) in [5, 5.41) is -0.530. The summed E-state index contributed by atoms with van der Waals surface area (Å²) in [4.78, 5) is 20.3. The van der Waals surface area contributed by atoms with Gasteiger partial charge in [0.05, 0.1) is 0 Å². The third-order valence-corrected chi connectivity index (χ3v) is 4.81. The predicted octanol–water partition coefficient (Wildman–Crippen LogP) is 3.66. The van der Waals surface area contributed by atoms with Crippen LogP contribution in [-0.2, 0) is 9.36 Å². The second-order valence-corrected chi connectivity index (χ2v) is 6.90. The smallest absolute Gasteiger partial charge is 0.224 e. The lowest BCUT2D eigenvalue weighted by Crippen LogP contribution is -2.11. The maximum absolute atomic E-state index is 11.6. The molecule has 0 saturated heterocycles. The van der Waals surface area contributed by atoms with E-state index in [1.54, 1.807) is 6.92 Å². The van der Waals surface area contributed by atoms with E-state index in [0.717, 1.165) is 25.7 Å². The topological polar surface area (TPSA) is 54.4 Å². The maximum Gasteiger partial charge on any atom is 0.224 e. The van der Waals surface area contributed by atoms with Gasteiger partial charge in [0.2, 0.25) is 12.6 Å². The Kier molecular flexibility index (Phi) is 11.1. The number of hydrogen-bond acceptors (Lipinski definition) is 2. The van der Waals surface area contributed by atoms with E-state index in [1.807, 2.05) is 0 Å². The number of carbonyl (C=O) groups excluding carboxylic acids is 1. The molecule has 0 amide bonds. The largest absolute Gasteiger partial charge is 0.344 e. The first-order valence-electron chi connectivity index (χ1n) is 5.39. The van der Waals surface area contributed by atoms with Crippen LogP contribution >= 0.6 is 31.4 Å². The first-order valence-corrected chi connectivity index (χ1v) is 7.80. The molecule has 0 saturated carbocycles. The molecular formula is C10H21Cl2O3P. The van der Waals surface area contributed by atoms with Crippen LogP contribution in [-0.4, -0.2) is 22.5 Å². The highest BCUT2D eigenvalue weighted by atomic mass is 35.5. The van der Waals surface area contributed by atoms with Gasteiger partial charge in [-0.3, -0.25) is 9.36 Å². The van der Waals surface area contributed by atoms with Crippen molar-refractivity contribution < 1.29 is 14.3 Å². The Labute approximate surface area is 109 Å². The van der Waals surface area contributed by atoms with Crippen molar-refractivity contribution in [1.82, 2.24) is 0 Å². The van der Waals surface area contributed by atoms with E-state index in [2.05, 4.69) is 6.92 Å². The van der Waals surface area contributed by atoms with Crippen molar-refractivity contribution in [2.45, 2.75) is 39.5 Å². The summed E-state index contributed by atoms with van der Waals surface area (Å²) in [5.41, 5.74) is 0. The third kappa shape index (κ3) is 9.65. The molecule has 0 spiro atoms. The lowest BCUT2D eigenvalue weighted by Gasteiger charge is -2.13. The highest BCUT2D eigenvalue weighted by Gasteiger charge is 2.24. The summed E-state index contributed by atoms with van der Waals surface area (Å²) in [6, 6.07) is 0. The first-order chi connectivity index (χ1) is 6.89. The molecule has 0 bridgehead atoms. The highest BCUT2D eigenvalue weighted by molar-refractivity contribution is 7.58. The molecule has 0 aromatic heterocycles. The van der Waals surface area contributed by atoms with Gasteiger partial charge in [-0.15, -0.1) is 12.4 Å². The molecule has 1 N–H and O–H groups in total. The number of carbonyl (C=O) groups is 1. The Balaban J connectivity index is 0. The fourth-order valence-electron chi connectivity index (χ4n) is 1.38. The molecule has 0 heterocycles. The third-order valence-electron chi connectivity index (χ3n) is 2.31. The summed E-state index contributed by atoms with van der Waals surface area (Å²) >= 11 is 5.25. The average Bonchev–Trinajstić information content (AvgIpc) is 2.11. The van der Waals surface area contributed by atoms with Gasteiger partial charge in [0.1, 0.15) is 0 Å². The Bertz CT molecular complexity index is 246. The van der Waals surface area contributed by atoms with Gasteiger partial charge in [-0.25, -0.2) is 0 Å². The van der Waals surface area contributed by atoms with Gasteiger partial charge >= 0.3 is 0 Å². The van der Waals surface area contributed by atoms with Crippen molar-refractivity contribution >= 4 is 36.6 Å². The monoisotopic (exact) mass is 290 g/mol. The van der Waals surface area contributed by atoms with Crippen molar-refractivity contribution in [3.63, 3.8) is 0 Å². The fourth-order valence-corrected chi connectivity index (χ4v) is 3.48. The van der Waals surface area contributed by atoms with Crippen LogP contribution in [0.3, 0.4) is 0 Å². The zero-order valence-electron chi connectivity index (χ0n) is 9.82. The molecule has 0 aliphatic rings. The Morgan fingerprint density at radius 2 is 1.94 bits per heavy atom. The Morgan fingerprint density at radius 3 is 2.38 bits per heavy atom. The van der Waals surface area contributed by atoms with E-state index >= 15 is 0 Å². The van der Waals surface area contributed by atoms with Crippen LogP contribution in [0, 0.1) is 5.92 Å². The minimum atomic E-state index is -3.15. The number of rotatable bonds is 8. The quantitative estimate of drug-likeness (QED) is 0.422. The Morgan fingerprint density at radius 1 is 1.38 bits per heavy atom. The van der Waals surface area contributed by atoms with Gasteiger partial charge in [-0.05, 0) is 18.0 Å². The number of unbranched alkanes of at least 4 members (excludes halogenated alkanes) is 3. The van der Waals surface area contributed by atoms with Gasteiger partial charge < -0.3 is 4.89 Å². The SMILES string of the molecule is CCCCCCP(=O)(O)CC(C)C(=O)Cl.Cl. The second kappa shape index (κ2) is 9.47. The molecule has 2 atom stereocenters. The van der Waals surface area contributed by atoms with Crippen molar-refractivity contribution in [3.8, 4) is 0 Å². The molecule has 0 aliphatic heterocycles. The molecule has 0 aromatic carbocycles. The molecule has 16 heavy (non-hydrogen) atoms. The van der Waals surface area contributed by atoms with Gasteiger partial charge in [0, 0.05) is 18.2 Å². The van der Waals surface area contributed by atoms with Gasteiger partial charge in [-0.2, -0.15) is 0 Å². The van der Waals surface area contributed by atoms with E-state index in [9.17, 15) is 14.3 Å². The highest BCUT2D eigenvalue weighted by Crippen LogP contribution is 2.43. The van der Waals surface area contributed by atoms with E-state index < -0.39 is 18.5 Å². The molecule has 98 valence electrons. The fraction of sp³-hybridized carbons (Fsp3) is 0.900. The summed E-state index contributed by atoms with van der Waals surface area (Å²) in [7, 11) is -3.15. The summed E-state index contributed by atoms with van der Waals surface area (Å²) in [6.45, 7) is 3.68. The van der Waals surface area contributed by atoms with Crippen LogP contribution < -0.4 is 0 Å². The average molecular weight is 291 g/mol. The number of hydrogen-bond donors (Lipinski definition) is 1. The van der Waals surface area contributed by atoms with Crippen molar-refractivity contribution in [2.24, 2.45) is 5.92 Å². The van der Waals surface area contributed by atoms with Crippen LogP contribution in [0.5, 0.6) is 0 Å². The Hall–Kier alpha value is 0.440. The zero-order chi connectivity index (χ0) is 11.9. The molecule has 0 rings (SSSR count). The maximum atomic E-state index is 11.6. The first kappa shape index (κ1) is 18.8. The van der Waals surface area contributed by atoms with Crippen LogP contribution in [0.2, 0.25) is 0 Å². The van der Waals surface area contributed by atoms with E-state index in [0.29, 0.717) is 6.16 Å². The summed E-state index contributed by atoms with van der Waals surface area (Å²) in [6.07, 6.45) is 4.24. The lowest BCUT2D eigenvalue weighted by molar-refractivity contribution is -0.114. The second-order valence-electron chi connectivity index (χ2n) is 4.02. The van der Waals surface area contributed by atoms with Gasteiger partial charge in [0.15, 0.2) is 0 Å². The van der Waals surface area contributed by atoms with E-state index in [-0.39, 0.29) is 18.6 Å². The predicted molar refractivity (Wildman–Crippen MR) is 71.0 cm³/mol. The van der Waals surface area contributed by atoms with Crippen molar-refractivity contribution in [1.29, 1.82) is 0 Å². The van der Waals surface area contributed by atoms with Gasteiger partial charge in [-0.1, -0.05) is 33.1 Å². The standard InChI is InChI=1S/C10H20ClO3P.ClH/c1-3-4-5-6-7-15(13,14)8-9(2)10(11)12;/h9H,3-8H2,1-2H3,(H,13,14);1H. The molecule has 0 aliphatic carbocycles. The van der Waals surface area contributed by atoms with Crippen molar-refractivity contribution in [3.05, 3.63) is 0 Å². The molecule has 6 heteroatoms. The minimum absolute atomic E-state index is 0. The van der Waals surface area contributed by atoms with Crippen LogP contribution in [0.4, 0.5) is 0 Å².